The monoisotopic (exact) mass is 192 g/mol. The molecule has 2 aromatic heterocycles. The van der Waals surface area contributed by atoms with E-state index in [0.717, 1.165) is 5.56 Å². The van der Waals surface area contributed by atoms with Gasteiger partial charge in [0.15, 0.2) is 11.6 Å². The summed E-state index contributed by atoms with van der Waals surface area (Å²) < 4.78 is 13.3. The molecule has 2 heterocycles. The molecule has 0 aliphatic carbocycles. The molecule has 0 atom stereocenters. The summed E-state index contributed by atoms with van der Waals surface area (Å²) in [6, 6.07) is 1.81. The SMILES string of the molecule is Cc1cncc(-c2[nH]nc(N)c2F)c1. The Hall–Kier alpha value is -1.91. The molecule has 72 valence electrons. The van der Waals surface area contributed by atoms with Crippen LogP contribution < -0.4 is 5.73 Å². The Kier molecular flexibility index (Phi) is 1.92. The van der Waals surface area contributed by atoms with Crippen LogP contribution in [-0.4, -0.2) is 15.2 Å². The van der Waals surface area contributed by atoms with E-state index in [1.807, 2.05) is 13.0 Å². The fourth-order valence-corrected chi connectivity index (χ4v) is 1.23. The highest BCUT2D eigenvalue weighted by atomic mass is 19.1. The number of nitrogen functional groups attached to an aromatic ring is 1. The van der Waals surface area contributed by atoms with E-state index in [-0.39, 0.29) is 11.5 Å². The number of aromatic amines is 1. The molecule has 0 unspecified atom stereocenters. The Labute approximate surface area is 80.0 Å². The van der Waals surface area contributed by atoms with E-state index >= 15 is 0 Å². The minimum absolute atomic E-state index is 0.124. The molecule has 0 bridgehead atoms. The Morgan fingerprint density at radius 3 is 2.79 bits per heavy atom. The molecule has 0 amide bonds. The van der Waals surface area contributed by atoms with Gasteiger partial charge in [0.2, 0.25) is 0 Å². The lowest BCUT2D eigenvalue weighted by Gasteiger charge is -1.97. The average molecular weight is 192 g/mol. The highest BCUT2D eigenvalue weighted by Gasteiger charge is 2.11. The minimum Gasteiger partial charge on any atom is -0.380 e. The topological polar surface area (TPSA) is 67.6 Å². The smallest absolute Gasteiger partial charge is 0.192 e. The lowest BCUT2D eigenvalue weighted by molar-refractivity contribution is 0.636. The number of H-pyrrole nitrogens is 1. The van der Waals surface area contributed by atoms with Gasteiger partial charge in [-0.25, -0.2) is 4.39 Å². The number of aryl methyl sites for hydroxylation is 1. The van der Waals surface area contributed by atoms with Gasteiger partial charge in [-0.3, -0.25) is 10.1 Å². The molecular formula is C9H9FN4. The van der Waals surface area contributed by atoms with Crippen LogP contribution in [0.5, 0.6) is 0 Å². The first-order valence-electron chi connectivity index (χ1n) is 4.10. The number of aromatic nitrogens is 3. The Bertz CT molecular complexity index is 464. The molecule has 0 saturated heterocycles. The van der Waals surface area contributed by atoms with Gasteiger partial charge in [0.25, 0.3) is 0 Å². The van der Waals surface area contributed by atoms with Crippen LogP contribution in [0.2, 0.25) is 0 Å². The van der Waals surface area contributed by atoms with E-state index in [4.69, 9.17) is 5.73 Å². The number of rotatable bonds is 1. The van der Waals surface area contributed by atoms with Gasteiger partial charge in [0.05, 0.1) is 0 Å². The molecule has 2 aromatic rings. The van der Waals surface area contributed by atoms with E-state index in [1.165, 1.54) is 0 Å². The minimum atomic E-state index is -0.530. The van der Waals surface area contributed by atoms with E-state index < -0.39 is 5.82 Å². The first-order valence-corrected chi connectivity index (χ1v) is 4.10. The summed E-state index contributed by atoms with van der Waals surface area (Å²) in [4.78, 5) is 3.96. The van der Waals surface area contributed by atoms with Crippen molar-refractivity contribution in [1.29, 1.82) is 0 Å². The van der Waals surface area contributed by atoms with Crippen LogP contribution in [-0.2, 0) is 0 Å². The maximum atomic E-state index is 13.3. The summed E-state index contributed by atoms with van der Waals surface area (Å²) >= 11 is 0. The van der Waals surface area contributed by atoms with E-state index in [2.05, 4.69) is 15.2 Å². The summed E-state index contributed by atoms with van der Waals surface area (Å²) in [6.07, 6.45) is 3.25. The third-order valence-electron chi connectivity index (χ3n) is 1.90. The molecule has 14 heavy (non-hydrogen) atoms. The highest BCUT2D eigenvalue weighted by Crippen LogP contribution is 2.22. The second kappa shape index (κ2) is 3.10. The number of nitrogens with one attached hydrogen (secondary N) is 1. The van der Waals surface area contributed by atoms with Gasteiger partial charge in [-0.2, -0.15) is 5.10 Å². The van der Waals surface area contributed by atoms with Crippen molar-refractivity contribution in [3.8, 4) is 11.3 Å². The summed E-state index contributed by atoms with van der Waals surface area (Å²) in [6.45, 7) is 1.88. The number of halogens is 1. The standard InChI is InChI=1S/C9H9FN4/c1-5-2-6(4-12-3-5)8-7(10)9(11)14-13-8/h2-4H,1H3,(H3,11,13,14). The maximum absolute atomic E-state index is 13.3. The fourth-order valence-electron chi connectivity index (χ4n) is 1.23. The number of nitrogens with zero attached hydrogens (tertiary/aromatic N) is 2. The van der Waals surface area contributed by atoms with Crippen LogP contribution in [0.25, 0.3) is 11.3 Å². The summed E-state index contributed by atoms with van der Waals surface area (Å²) in [5, 5.41) is 6.10. The van der Waals surface area contributed by atoms with Gasteiger partial charge < -0.3 is 5.73 Å². The normalized spacial score (nSPS) is 10.4. The number of hydrogen-bond acceptors (Lipinski definition) is 3. The molecule has 0 radical (unpaired) electrons. The van der Waals surface area contributed by atoms with Crippen LogP contribution in [0.1, 0.15) is 5.56 Å². The third kappa shape index (κ3) is 1.32. The van der Waals surface area contributed by atoms with Gasteiger partial charge in [0, 0.05) is 18.0 Å². The Morgan fingerprint density at radius 2 is 2.21 bits per heavy atom. The zero-order valence-corrected chi connectivity index (χ0v) is 7.58. The maximum Gasteiger partial charge on any atom is 0.192 e. The molecule has 0 aliphatic rings. The van der Waals surface area contributed by atoms with Crippen molar-refractivity contribution in [2.24, 2.45) is 0 Å². The number of hydrogen-bond donors (Lipinski definition) is 2. The summed E-state index contributed by atoms with van der Waals surface area (Å²) in [7, 11) is 0. The number of nitrogens with two attached hydrogens (primary N) is 1. The zero-order valence-electron chi connectivity index (χ0n) is 7.58. The average Bonchev–Trinajstić information content (AvgIpc) is 2.48. The van der Waals surface area contributed by atoms with E-state index in [9.17, 15) is 4.39 Å². The first kappa shape index (κ1) is 8.68. The van der Waals surface area contributed by atoms with Crippen molar-refractivity contribution in [1.82, 2.24) is 15.2 Å². The summed E-state index contributed by atoms with van der Waals surface area (Å²) in [5.74, 6) is -0.654. The molecule has 0 spiro atoms. The summed E-state index contributed by atoms with van der Waals surface area (Å²) in [5.41, 5.74) is 7.15. The first-order chi connectivity index (χ1) is 6.68. The molecule has 0 saturated carbocycles. The molecule has 0 fully saturated rings. The quantitative estimate of drug-likeness (QED) is 0.719. The van der Waals surface area contributed by atoms with Gasteiger partial charge >= 0.3 is 0 Å². The van der Waals surface area contributed by atoms with Gasteiger partial charge in [-0.15, -0.1) is 0 Å². The molecular weight excluding hydrogens is 183 g/mol. The molecule has 3 N–H and O–H groups in total. The lowest BCUT2D eigenvalue weighted by atomic mass is 10.1. The fraction of sp³-hybridized carbons (Fsp3) is 0.111. The molecule has 4 nitrogen and oxygen atoms in total. The van der Waals surface area contributed by atoms with Gasteiger partial charge in [-0.1, -0.05) is 0 Å². The Balaban J connectivity index is 2.55. The van der Waals surface area contributed by atoms with Crippen LogP contribution in [0.15, 0.2) is 18.5 Å². The van der Waals surface area contributed by atoms with E-state index in [0.29, 0.717) is 5.56 Å². The lowest BCUT2D eigenvalue weighted by Crippen LogP contribution is -1.88. The second-order valence-electron chi connectivity index (χ2n) is 3.05. The van der Waals surface area contributed by atoms with E-state index in [1.54, 1.807) is 12.4 Å². The van der Waals surface area contributed by atoms with Crippen LogP contribution >= 0.6 is 0 Å². The van der Waals surface area contributed by atoms with Crippen LogP contribution in [0.3, 0.4) is 0 Å². The van der Waals surface area contributed by atoms with Crippen molar-refractivity contribution >= 4 is 5.82 Å². The molecule has 5 heteroatoms. The van der Waals surface area contributed by atoms with Crippen LogP contribution in [0, 0.1) is 12.7 Å². The third-order valence-corrected chi connectivity index (χ3v) is 1.90. The molecule has 2 rings (SSSR count). The van der Waals surface area contributed by atoms with Gasteiger partial charge in [0.1, 0.15) is 5.69 Å². The van der Waals surface area contributed by atoms with Crippen LogP contribution in [0.4, 0.5) is 10.2 Å². The number of pyridine rings is 1. The van der Waals surface area contributed by atoms with Crippen molar-refractivity contribution in [3.63, 3.8) is 0 Å². The molecule has 0 aromatic carbocycles. The predicted molar refractivity (Wildman–Crippen MR) is 50.9 cm³/mol. The predicted octanol–water partition coefficient (Wildman–Crippen LogP) is 1.50. The number of anilines is 1. The zero-order chi connectivity index (χ0) is 10.1. The largest absolute Gasteiger partial charge is 0.380 e. The Morgan fingerprint density at radius 1 is 1.43 bits per heavy atom. The second-order valence-corrected chi connectivity index (χ2v) is 3.05. The van der Waals surface area contributed by atoms with Crippen molar-refractivity contribution in [2.45, 2.75) is 6.92 Å². The highest BCUT2D eigenvalue weighted by molar-refractivity contribution is 5.62. The molecule has 0 aliphatic heterocycles. The van der Waals surface area contributed by atoms with Gasteiger partial charge in [-0.05, 0) is 18.6 Å². The van der Waals surface area contributed by atoms with Crippen molar-refractivity contribution in [3.05, 3.63) is 29.8 Å². The van der Waals surface area contributed by atoms with Crippen molar-refractivity contribution < 1.29 is 4.39 Å². The van der Waals surface area contributed by atoms with Crippen molar-refractivity contribution in [2.75, 3.05) is 5.73 Å².